The Morgan fingerprint density at radius 1 is 1.09 bits per heavy atom. The summed E-state index contributed by atoms with van der Waals surface area (Å²) in [6.45, 7) is 5.63. The average Bonchev–Trinajstić information content (AvgIpc) is 2.96. The maximum atomic E-state index is 13.8. The maximum absolute atomic E-state index is 13.8. The van der Waals surface area contributed by atoms with Crippen LogP contribution >= 0.6 is 0 Å². The molecule has 2 amide bonds. The van der Waals surface area contributed by atoms with Gasteiger partial charge in [0.05, 0.1) is 24.0 Å². The Morgan fingerprint density at radius 3 is 2.47 bits per heavy atom. The number of aldehydes is 1. The fourth-order valence-electron chi connectivity index (χ4n) is 4.60. The van der Waals surface area contributed by atoms with E-state index in [0.717, 1.165) is 37.5 Å². The van der Waals surface area contributed by atoms with Crippen LogP contribution in [0.25, 0.3) is 0 Å². The molecule has 2 heterocycles. The first-order valence-corrected chi connectivity index (χ1v) is 11.6. The minimum absolute atomic E-state index is 0.0281. The van der Waals surface area contributed by atoms with Crippen LogP contribution in [-0.4, -0.2) is 42.1 Å². The van der Waals surface area contributed by atoms with Crippen LogP contribution < -0.4 is 9.80 Å². The number of methoxy groups -OCH3 is 1. The molecule has 0 unspecified atom stereocenters. The van der Waals surface area contributed by atoms with Gasteiger partial charge in [-0.15, -0.1) is 0 Å². The second-order valence-electron chi connectivity index (χ2n) is 9.80. The first-order valence-electron chi connectivity index (χ1n) is 11.6. The highest BCUT2D eigenvalue weighted by molar-refractivity contribution is 6.06. The van der Waals surface area contributed by atoms with Crippen molar-refractivity contribution in [3.05, 3.63) is 47.7 Å². The van der Waals surface area contributed by atoms with E-state index in [0.29, 0.717) is 22.8 Å². The summed E-state index contributed by atoms with van der Waals surface area (Å²) in [6.07, 6.45) is 5.03. The highest BCUT2D eigenvalue weighted by Gasteiger charge is 2.37. The van der Waals surface area contributed by atoms with Crippen molar-refractivity contribution in [3.8, 4) is 0 Å². The number of ether oxygens (including phenoxy) is 2. The molecule has 0 radical (unpaired) electrons. The maximum Gasteiger partial charge on any atom is 0.420 e. The van der Waals surface area contributed by atoms with Gasteiger partial charge in [-0.25, -0.2) is 14.7 Å². The van der Waals surface area contributed by atoms with Gasteiger partial charge in [-0.2, -0.15) is 0 Å². The van der Waals surface area contributed by atoms with Gasteiger partial charge in [-0.1, -0.05) is 6.07 Å². The topological polar surface area (TPSA) is 89.0 Å². The quantitative estimate of drug-likeness (QED) is 0.592. The molecule has 2 aliphatic rings. The molecule has 180 valence electrons. The Bertz CT molecular complexity index is 1090. The number of benzene rings is 1. The molecule has 2 aromatic rings. The van der Waals surface area contributed by atoms with Crippen molar-refractivity contribution >= 4 is 35.5 Å². The number of aromatic nitrogens is 1. The summed E-state index contributed by atoms with van der Waals surface area (Å²) in [4.78, 5) is 46.4. The van der Waals surface area contributed by atoms with E-state index >= 15 is 0 Å². The van der Waals surface area contributed by atoms with E-state index in [2.05, 4.69) is 4.98 Å². The van der Waals surface area contributed by atoms with Gasteiger partial charge in [0.1, 0.15) is 17.7 Å². The van der Waals surface area contributed by atoms with Gasteiger partial charge < -0.3 is 14.4 Å². The van der Waals surface area contributed by atoms with Crippen molar-refractivity contribution in [2.45, 2.75) is 64.7 Å². The molecule has 4 rings (SSSR count). The van der Waals surface area contributed by atoms with Crippen molar-refractivity contribution < 1.29 is 23.9 Å². The second kappa shape index (κ2) is 9.54. The van der Waals surface area contributed by atoms with E-state index in [-0.39, 0.29) is 24.5 Å². The lowest BCUT2D eigenvalue weighted by Crippen LogP contribution is -2.38. The highest BCUT2D eigenvalue weighted by atomic mass is 16.6. The van der Waals surface area contributed by atoms with Gasteiger partial charge in [0, 0.05) is 30.4 Å². The summed E-state index contributed by atoms with van der Waals surface area (Å²) in [6, 6.07) is 8.60. The number of carbonyl (C=O) groups is 3. The molecule has 8 nitrogen and oxygen atoms in total. The van der Waals surface area contributed by atoms with Gasteiger partial charge in [-0.3, -0.25) is 9.59 Å². The molecule has 1 aromatic heterocycles. The zero-order valence-electron chi connectivity index (χ0n) is 20.1. The van der Waals surface area contributed by atoms with Gasteiger partial charge in [0.2, 0.25) is 5.91 Å². The average molecular weight is 466 g/mol. The predicted octanol–water partition coefficient (Wildman–Crippen LogP) is 5.02. The molecule has 0 saturated heterocycles. The molecule has 0 spiro atoms. The highest BCUT2D eigenvalue weighted by Crippen LogP contribution is 2.42. The normalized spacial score (nSPS) is 20.1. The molecule has 1 aromatic carbocycles. The molecule has 0 atom stereocenters. The molecule has 1 fully saturated rings. The van der Waals surface area contributed by atoms with Gasteiger partial charge in [0.15, 0.2) is 0 Å². The zero-order chi connectivity index (χ0) is 24.5. The van der Waals surface area contributed by atoms with Crippen molar-refractivity contribution in [2.24, 2.45) is 5.92 Å². The van der Waals surface area contributed by atoms with E-state index in [1.54, 1.807) is 63.2 Å². The summed E-state index contributed by atoms with van der Waals surface area (Å²) in [5.74, 6) is 0.224. The third-order valence-electron chi connectivity index (χ3n) is 6.27. The number of amides is 2. The van der Waals surface area contributed by atoms with Crippen LogP contribution in [-0.2, 0) is 20.8 Å². The number of anilines is 3. The number of pyridine rings is 1. The molecule has 1 aliphatic carbocycles. The van der Waals surface area contributed by atoms with Crippen LogP contribution in [0, 0.1) is 5.92 Å². The SMILES string of the molecule is CO[C@H]1CC[C@H](C(=O)N2Cc3cccnc3N(C(=O)OC(C)(C)C)c3ccc(C=O)cc32)CC1. The molecule has 34 heavy (non-hydrogen) atoms. The van der Waals surface area contributed by atoms with Gasteiger partial charge in [0.25, 0.3) is 0 Å². The lowest BCUT2D eigenvalue weighted by molar-refractivity contribution is -0.124. The van der Waals surface area contributed by atoms with Crippen LogP contribution in [0.3, 0.4) is 0 Å². The molecule has 1 saturated carbocycles. The van der Waals surface area contributed by atoms with Crippen molar-refractivity contribution in [3.63, 3.8) is 0 Å². The summed E-state index contributed by atoms with van der Waals surface area (Å²) >= 11 is 0. The van der Waals surface area contributed by atoms with E-state index in [1.807, 2.05) is 6.07 Å². The second-order valence-corrected chi connectivity index (χ2v) is 9.80. The first-order chi connectivity index (χ1) is 16.2. The predicted molar refractivity (Wildman–Crippen MR) is 128 cm³/mol. The van der Waals surface area contributed by atoms with Crippen molar-refractivity contribution in [1.82, 2.24) is 4.98 Å². The molecule has 8 heteroatoms. The van der Waals surface area contributed by atoms with Crippen molar-refractivity contribution in [2.75, 3.05) is 16.9 Å². The Balaban J connectivity index is 1.81. The standard InChI is InChI=1S/C26H31N3O5/c1-26(2,3)34-25(32)29-21-12-7-17(16-30)14-22(21)28(15-19-6-5-13-27-23(19)29)24(31)18-8-10-20(33-4)11-9-18/h5-7,12-14,16,18,20H,8-11,15H2,1-4H3/t18-,20-. The fourth-order valence-corrected chi connectivity index (χ4v) is 4.60. The number of nitrogens with zero attached hydrogens (tertiary/aromatic N) is 3. The summed E-state index contributed by atoms with van der Waals surface area (Å²) in [5.41, 5.74) is 1.36. The minimum Gasteiger partial charge on any atom is -0.443 e. The number of hydrogen-bond donors (Lipinski definition) is 0. The lowest BCUT2D eigenvalue weighted by Gasteiger charge is -2.32. The van der Waals surface area contributed by atoms with Crippen LogP contribution in [0.2, 0.25) is 0 Å². The van der Waals surface area contributed by atoms with E-state index in [9.17, 15) is 14.4 Å². The van der Waals surface area contributed by atoms with Gasteiger partial charge >= 0.3 is 6.09 Å². The Labute approximate surface area is 199 Å². The zero-order valence-corrected chi connectivity index (χ0v) is 20.1. The first kappa shape index (κ1) is 23.9. The van der Waals surface area contributed by atoms with Crippen molar-refractivity contribution in [1.29, 1.82) is 0 Å². The number of hydrogen-bond acceptors (Lipinski definition) is 6. The van der Waals surface area contributed by atoms with Crippen LogP contribution in [0.4, 0.5) is 22.0 Å². The Kier molecular flexibility index (Phi) is 6.70. The minimum atomic E-state index is -0.725. The third-order valence-corrected chi connectivity index (χ3v) is 6.27. The smallest absolute Gasteiger partial charge is 0.420 e. The van der Waals surface area contributed by atoms with E-state index in [1.165, 1.54) is 4.90 Å². The van der Waals surface area contributed by atoms with Crippen LogP contribution in [0.1, 0.15) is 62.4 Å². The largest absolute Gasteiger partial charge is 0.443 e. The molecule has 0 bridgehead atoms. The van der Waals surface area contributed by atoms with E-state index < -0.39 is 11.7 Å². The van der Waals surface area contributed by atoms with Crippen LogP contribution in [0.15, 0.2) is 36.5 Å². The summed E-state index contributed by atoms with van der Waals surface area (Å²) in [7, 11) is 1.70. The molecular weight excluding hydrogens is 434 g/mol. The monoisotopic (exact) mass is 465 g/mol. The molecular formula is C26H31N3O5. The molecule has 0 N–H and O–H groups in total. The number of fused-ring (bicyclic) bond motifs is 2. The van der Waals surface area contributed by atoms with Crippen LogP contribution in [0.5, 0.6) is 0 Å². The van der Waals surface area contributed by atoms with Gasteiger partial charge in [-0.05, 0) is 70.7 Å². The summed E-state index contributed by atoms with van der Waals surface area (Å²) < 4.78 is 11.2. The fraction of sp³-hybridized carbons (Fsp3) is 0.462. The number of rotatable bonds is 3. The molecule has 1 aliphatic heterocycles. The Hall–Kier alpha value is -3.26. The van der Waals surface area contributed by atoms with E-state index in [4.69, 9.17) is 9.47 Å². The Morgan fingerprint density at radius 2 is 1.82 bits per heavy atom. The lowest BCUT2D eigenvalue weighted by atomic mass is 9.86. The summed E-state index contributed by atoms with van der Waals surface area (Å²) in [5, 5.41) is 0. The number of carbonyl (C=O) groups excluding carboxylic acids is 3. The third kappa shape index (κ3) is 4.82.